The largest absolute Gasteiger partial charge is 0.395 e. The standard InChI is InChI=1S/C15H13FN2O3/c1-10-8-14(18-21-10)17-15(20)13-6-5-12(16)9-11(13)4-2-3-7-19/h5-6,8-9,19H,3,7H2,1H3,(H,17,18,20). The van der Waals surface area contributed by atoms with E-state index in [1.165, 1.54) is 18.2 Å². The smallest absolute Gasteiger partial charge is 0.258 e. The molecule has 0 aliphatic rings. The molecule has 0 fully saturated rings. The lowest BCUT2D eigenvalue weighted by atomic mass is 10.1. The van der Waals surface area contributed by atoms with Gasteiger partial charge >= 0.3 is 0 Å². The van der Waals surface area contributed by atoms with Gasteiger partial charge in [-0.1, -0.05) is 17.0 Å². The van der Waals surface area contributed by atoms with Gasteiger partial charge in [-0.25, -0.2) is 4.39 Å². The molecule has 0 spiro atoms. The Bertz CT molecular complexity index is 713. The Morgan fingerprint density at radius 2 is 2.29 bits per heavy atom. The third-order valence-electron chi connectivity index (χ3n) is 2.56. The van der Waals surface area contributed by atoms with E-state index in [2.05, 4.69) is 22.3 Å². The number of carbonyl (C=O) groups excluding carboxylic acids is 1. The van der Waals surface area contributed by atoms with E-state index in [0.29, 0.717) is 5.76 Å². The molecule has 0 aliphatic carbocycles. The summed E-state index contributed by atoms with van der Waals surface area (Å²) in [6.45, 7) is 1.61. The van der Waals surface area contributed by atoms with E-state index in [1.807, 2.05) is 0 Å². The lowest BCUT2D eigenvalue weighted by Gasteiger charge is -2.04. The second-order valence-electron chi connectivity index (χ2n) is 4.24. The number of nitrogens with zero attached hydrogens (tertiary/aromatic N) is 1. The highest BCUT2D eigenvalue weighted by Crippen LogP contribution is 2.14. The molecule has 1 amide bonds. The maximum atomic E-state index is 13.3. The number of hydrogen-bond acceptors (Lipinski definition) is 4. The average molecular weight is 288 g/mol. The van der Waals surface area contributed by atoms with Crippen LogP contribution in [0.15, 0.2) is 28.8 Å². The number of nitrogens with one attached hydrogen (secondary N) is 1. The van der Waals surface area contributed by atoms with Gasteiger partial charge < -0.3 is 14.9 Å². The van der Waals surface area contributed by atoms with E-state index in [4.69, 9.17) is 9.63 Å². The molecule has 0 aliphatic heterocycles. The Hall–Kier alpha value is -2.65. The Morgan fingerprint density at radius 1 is 1.48 bits per heavy atom. The highest BCUT2D eigenvalue weighted by Gasteiger charge is 2.13. The van der Waals surface area contributed by atoms with Gasteiger partial charge in [-0.3, -0.25) is 4.79 Å². The number of aliphatic hydroxyl groups excluding tert-OH is 1. The van der Waals surface area contributed by atoms with Crippen molar-refractivity contribution >= 4 is 11.7 Å². The first-order valence-corrected chi connectivity index (χ1v) is 6.24. The molecule has 0 saturated heterocycles. The van der Waals surface area contributed by atoms with Crippen molar-refractivity contribution in [1.29, 1.82) is 0 Å². The molecule has 6 heteroatoms. The molecule has 1 heterocycles. The molecule has 0 atom stereocenters. The minimum Gasteiger partial charge on any atom is -0.395 e. The van der Waals surface area contributed by atoms with Crippen LogP contribution < -0.4 is 5.32 Å². The number of rotatable bonds is 3. The van der Waals surface area contributed by atoms with Crippen molar-refractivity contribution in [3.05, 3.63) is 47.0 Å². The topological polar surface area (TPSA) is 75.4 Å². The van der Waals surface area contributed by atoms with Gasteiger partial charge in [-0.05, 0) is 25.1 Å². The van der Waals surface area contributed by atoms with Gasteiger partial charge in [-0.2, -0.15) is 0 Å². The summed E-state index contributed by atoms with van der Waals surface area (Å²) in [6.07, 6.45) is 0.250. The number of aromatic nitrogens is 1. The van der Waals surface area contributed by atoms with E-state index >= 15 is 0 Å². The third-order valence-corrected chi connectivity index (χ3v) is 2.56. The first-order valence-electron chi connectivity index (χ1n) is 6.24. The number of hydrogen-bond donors (Lipinski definition) is 2. The summed E-state index contributed by atoms with van der Waals surface area (Å²) in [4.78, 5) is 12.2. The predicted octanol–water partition coefficient (Wildman–Crippen LogP) is 2.11. The van der Waals surface area contributed by atoms with E-state index in [-0.39, 0.29) is 30.0 Å². The van der Waals surface area contributed by atoms with Crippen molar-refractivity contribution in [2.45, 2.75) is 13.3 Å². The molecule has 2 N–H and O–H groups in total. The molecule has 0 radical (unpaired) electrons. The summed E-state index contributed by atoms with van der Waals surface area (Å²) >= 11 is 0. The average Bonchev–Trinajstić information content (AvgIpc) is 2.84. The number of anilines is 1. The van der Waals surface area contributed by atoms with Gasteiger partial charge in [0.1, 0.15) is 11.6 Å². The van der Waals surface area contributed by atoms with Gasteiger partial charge in [0.2, 0.25) is 0 Å². The van der Waals surface area contributed by atoms with Crippen LogP contribution in [0.3, 0.4) is 0 Å². The fraction of sp³-hybridized carbons (Fsp3) is 0.200. The number of benzene rings is 1. The predicted molar refractivity (Wildman–Crippen MR) is 74.2 cm³/mol. The Balaban J connectivity index is 2.26. The highest BCUT2D eigenvalue weighted by atomic mass is 19.1. The Morgan fingerprint density at radius 3 is 2.95 bits per heavy atom. The van der Waals surface area contributed by atoms with Gasteiger partial charge in [-0.15, -0.1) is 0 Å². The van der Waals surface area contributed by atoms with Crippen LogP contribution in [-0.4, -0.2) is 22.8 Å². The van der Waals surface area contributed by atoms with Crippen LogP contribution in [0.2, 0.25) is 0 Å². The van der Waals surface area contributed by atoms with Crippen LogP contribution in [0.25, 0.3) is 0 Å². The number of carbonyl (C=O) groups is 1. The zero-order valence-electron chi connectivity index (χ0n) is 11.3. The fourth-order valence-electron chi connectivity index (χ4n) is 1.64. The van der Waals surface area contributed by atoms with Crippen LogP contribution in [-0.2, 0) is 0 Å². The molecule has 0 bridgehead atoms. The van der Waals surface area contributed by atoms with Crippen molar-refractivity contribution in [2.24, 2.45) is 0 Å². The molecule has 1 aromatic carbocycles. The molecule has 1 aromatic heterocycles. The molecule has 0 saturated carbocycles. The van der Waals surface area contributed by atoms with Crippen LogP contribution in [0.4, 0.5) is 10.2 Å². The minimum absolute atomic E-state index is 0.0952. The molecule has 0 unspecified atom stereocenters. The lowest BCUT2D eigenvalue weighted by Crippen LogP contribution is -2.14. The second kappa shape index (κ2) is 6.68. The summed E-state index contributed by atoms with van der Waals surface area (Å²) in [7, 11) is 0. The summed E-state index contributed by atoms with van der Waals surface area (Å²) in [6, 6.07) is 5.27. The van der Waals surface area contributed by atoms with Crippen molar-refractivity contribution in [3.8, 4) is 11.8 Å². The van der Waals surface area contributed by atoms with Crippen LogP contribution in [0, 0.1) is 24.6 Å². The van der Waals surface area contributed by atoms with Gasteiger partial charge in [0.15, 0.2) is 5.82 Å². The second-order valence-corrected chi connectivity index (χ2v) is 4.24. The van der Waals surface area contributed by atoms with E-state index in [0.717, 1.165) is 0 Å². The van der Waals surface area contributed by atoms with Crippen molar-refractivity contribution in [2.75, 3.05) is 11.9 Å². The SMILES string of the molecule is Cc1cc(NC(=O)c2ccc(F)cc2C#CCCO)no1. The van der Waals surface area contributed by atoms with Crippen molar-refractivity contribution < 1.29 is 18.8 Å². The van der Waals surface area contributed by atoms with Crippen molar-refractivity contribution in [1.82, 2.24) is 5.16 Å². The molecular formula is C15H13FN2O3. The first-order chi connectivity index (χ1) is 10.1. The molecule has 2 rings (SSSR count). The molecular weight excluding hydrogens is 275 g/mol. The maximum Gasteiger partial charge on any atom is 0.258 e. The quantitative estimate of drug-likeness (QED) is 0.848. The number of amides is 1. The van der Waals surface area contributed by atoms with E-state index in [1.54, 1.807) is 13.0 Å². The molecule has 2 aromatic rings. The van der Waals surface area contributed by atoms with Crippen LogP contribution >= 0.6 is 0 Å². The van der Waals surface area contributed by atoms with Crippen molar-refractivity contribution in [3.63, 3.8) is 0 Å². The number of aryl methyl sites for hydroxylation is 1. The van der Waals surface area contributed by atoms with E-state index in [9.17, 15) is 9.18 Å². The summed E-state index contributed by atoms with van der Waals surface area (Å²) in [5, 5.41) is 14.9. The summed E-state index contributed by atoms with van der Waals surface area (Å²) in [5.74, 6) is 5.22. The van der Waals surface area contributed by atoms with E-state index < -0.39 is 11.7 Å². The Labute approximate surface area is 120 Å². The van der Waals surface area contributed by atoms with Gasteiger partial charge in [0.05, 0.1) is 12.2 Å². The molecule has 5 nitrogen and oxygen atoms in total. The summed E-state index contributed by atoms with van der Waals surface area (Å²) in [5.41, 5.74) is 0.476. The Kier molecular flexibility index (Phi) is 4.69. The number of halogens is 1. The maximum absolute atomic E-state index is 13.3. The van der Waals surface area contributed by atoms with Gasteiger partial charge in [0, 0.05) is 18.1 Å². The first kappa shape index (κ1) is 14.8. The lowest BCUT2D eigenvalue weighted by molar-refractivity contribution is 0.102. The summed E-state index contributed by atoms with van der Waals surface area (Å²) < 4.78 is 18.1. The highest BCUT2D eigenvalue weighted by molar-refractivity contribution is 6.05. The third kappa shape index (κ3) is 3.91. The molecule has 21 heavy (non-hydrogen) atoms. The van der Waals surface area contributed by atoms with Crippen LogP contribution in [0.1, 0.15) is 28.1 Å². The monoisotopic (exact) mass is 288 g/mol. The zero-order valence-corrected chi connectivity index (χ0v) is 11.3. The zero-order chi connectivity index (χ0) is 15.2. The minimum atomic E-state index is -0.489. The van der Waals surface area contributed by atoms with Gasteiger partial charge in [0.25, 0.3) is 5.91 Å². The van der Waals surface area contributed by atoms with Crippen LogP contribution in [0.5, 0.6) is 0 Å². The number of aliphatic hydroxyl groups is 1. The molecule has 108 valence electrons. The fourth-order valence-corrected chi connectivity index (χ4v) is 1.64. The normalized spacial score (nSPS) is 9.86.